The topological polar surface area (TPSA) is 38.5 Å². The average molecular weight is 268 g/mol. The summed E-state index contributed by atoms with van der Waals surface area (Å²) in [5, 5.41) is 0. The van der Waals surface area contributed by atoms with Gasteiger partial charge in [-0.1, -0.05) is 19.8 Å². The lowest BCUT2D eigenvalue weighted by Gasteiger charge is -2.45. The lowest BCUT2D eigenvalue weighted by molar-refractivity contribution is -0.0338. The van der Waals surface area contributed by atoms with Crippen molar-refractivity contribution in [1.29, 1.82) is 0 Å². The van der Waals surface area contributed by atoms with E-state index in [1.807, 2.05) is 7.11 Å². The Hall–Kier alpha value is -0.120. The van der Waals surface area contributed by atoms with Gasteiger partial charge in [0.2, 0.25) is 0 Å². The Bertz CT molecular complexity index is 251. The molecule has 2 aliphatic rings. The van der Waals surface area contributed by atoms with Crippen LogP contribution in [0.3, 0.4) is 0 Å². The Kier molecular flexibility index (Phi) is 6.11. The summed E-state index contributed by atoms with van der Waals surface area (Å²) in [6, 6.07) is 1.85. The molecule has 0 amide bonds. The fourth-order valence-corrected chi connectivity index (χ4v) is 4.04. The number of rotatable bonds is 5. The molecular weight excluding hydrogens is 236 g/mol. The number of methoxy groups -OCH3 is 1. The second-order valence-electron chi connectivity index (χ2n) is 6.43. The second kappa shape index (κ2) is 7.61. The molecule has 2 rings (SSSR count). The van der Waals surface area contributed by atoms with Crippen LogP contribution in [-0.2, 0) is 4.74 Å². The van der Waals surface area contributed by atoms with Gasteiger partial charge in [0.15, 0.2) is 0 Å². The highest BCUT2D eigenvalue weighted by molar-refractivity contribution is 4.90. The van der Waals surface area contributed by atoms with Crippen LogP contribution in [-0.4, -0.2) is 42.8 Å². The maximum absolute atomic E-state index is 6.06. The quantitative estimate of drug-likeness (QED) is 0.833. The lowest BCUT2D eigenvalue weighted by atomic mass is 9.85. The van der Waals surface area contributed by atoms with Crippen molar-refractivity contribution < 1.29 is 4.74 Å². The second-order valence-corrected chi connectivity index (χ2v) is 6.43. The molecule has 0 saturated heterocycles. The van der Waals surface area contributed by atoms with Gasteiger partial charge in [-0.15, -0.1) is 0 Å². The van der Waals surface area contributed by atoms with Crippen molar-refractivity contribution in [2.24, 2.45) is 5.73 Å². The van der Waals surface area contributed by atoms with E-state index in [2.05, 4.69) is 11.8 Å². The molecular formula is C16H32N2O. The molecule has 0 aromatic carbocycles. The number of hydrogen-bond acceptors (Lipinski definition) is 3. The van der Waals surface area contributed by atoms with Crippen molar-refractivity contribution in [2.75, 3.05) is 13.7 Å². The zero-order chi connectivity index (χ0) is 13.7. The maximum Gasteiger partial charge on any atom is 0.0726 e. The first-order chi connectivity index (χ1) is 9.26. The van der Waals surface area contributed by atoms with Crippen LogP contribution < -0.4 is 5.73 Å². The highest BCUT2D eigenvalue weighted by atomic mass is 16.5. The number of hydrogen-bond donors (Lipinski definition) is 1. The number of nitrogens with zero attached hydrogens (tertiary/aromatic N) is 1. The summed E-state index contributed by atoms with van der Waals surface area (Å²) in [5.74, 6) is 0. The van der Waals surface area contributed by atoms with Gasteiger partial charge in [0.1, 0.15) is 0 Å². The Labute approximate surface area is 118 Å². The van der Waals surface area contributed by atoms with Gasteiger partial charge in [-0.3, -0.25) is 4.90 Å². The molecule has 0 aliphatic heterocycles. The largest absolute Gasteiger partial charge is 0.380 e. The molecule has 0 aromatic rings. The third kappa shape index (κ3) is 3.93. The molecule has 0 heterocycles. The summed E-state index contributed by atoms with van der Waals surface area (Å²) in [5.41, 5.74) is 6.06. The molecule has 2 saturated carbocycles. The Morgan fingerprint density at radius 3 is 2.37 bits per heavy atom. The summed E-state index contributed by atoms with van der Waals surface area (Å²) in [7, 11) is 1.89. The monoisotopic (exact) mass is 268 g/mol. The van der Waals surface area contributed by atoms with E-state index in [1.54, 1.807) is 0 Å². The number of ether oxygens (including phenoxy) is 1. The van der Waals surface area contributed by atoms with Crippen LogP contribution in [0.25, 0.3) is 0 Å². The van der Waals surface area contributed by atoms with Gasteiger partial charge in [0, 0.05) is 25.2 Å². The molecule has 2 fully saturated rings. The first-order valence-corrected chi connectivity index (χ1v) is 8.30. The van der Waals surface area contributed by atoms with E-state index >= 15 is 0 Å². The van der Waals surface area contributed by atoms with Gasteiger partial charge < -0.3 is 10.5 Å². The van der Waals surface area contributed by atoms with Crippen LogP contribution in [0, 0.1) is 0 Å². The SMILES string of the molecule is CCCN(C1CCC(N)CC1)C1CCCCC1OC. The summed E-state index contributed by atoms with van der Waals surface area (Å²) in [6.45, 7) is 3.52. The molecule has 2 atom stereocenters. The molecule has 0 radical (unpaired) electrons. The normalized spacial score (nSPS) is 36.6. The van der Waals surface area contributed by atoms with Crippen LogP contribution in [0.1, 0.15) is 64.7 Å². The molecule has 2 N–H and O–H groups in total. The van der Waals surface area contributed by atoms with Crippen molar-refractivity contribution in [3.05, 3.63) is 0 Å². The molecule has 19 heavy (non-hydrogen) atoms. The summed E-state index contributed by atoms with van der Waals surface area (Å²) in [6.07, 6.45) is 12.0. The standard InChI is InChI=1S/C16H32N2O/c1-3-12-18(14-10-8-13(17)9-11-14)15-6-4-5-7-16(15)19-2/h13-16H,3-12,17H2,1-2H3. The minimum absolute atomic E-state index is 0.448. The van der Waals surface area contributed by atoms with Gasteiger partial charge in [0.25, 0.3) is 0 Å². The summed E-state index contributed by atoms with van der Waals surface area (Å²) < 4.78 is 5.78. The van der Waals surface area contributed by atoms with Gasteiger partial charge in [0.05, 0.1) is 6.10 Å². The molecule has 2 aliphatic carbocycles. The minimum atomic E-state index is 0.448. The fourth-order valence-electron chi connectivity index (χ4n) is 4.04. The Morgan fingerprint density at radius 2 is 1.74 bits per heavy atom. The van der Waals surface area contributed by atoms with E-state index in [-0.39, 0.29) is 0 Å². The molecule has 112 valence electrons. The van der Waals surface area contributed by atoms with Gasteiger partial charge in [-0.25, -0.2) is 0 Å². The third-order valence-electron chi connectivity index (χ3n) is 5.09. The van der Waals surface area contributed by atoms with Crippen LogP contribution in [0.5, 0.6) is 0 Å². The Morgan fingerprint density at radius 1 is 1.05 bits per heavy atom. The predicted octanol–water partition coefficient (Wildman–Crippen LogP) is 2.93. The smallest absolute Gasteiger partial charge is 0.0726 e. The maximum atomic E-state index is 6.06. The minimum Gasteiger partial charge on any atom is -0.380 e. The van der Waals surface area contributed by atoms with Crippen LogP contribution >= 0.6 is 0 Å². The average Bonchev–Trinajstić information content (AvgIpc) is 2.46. The Balaban J connectivity index is 2.00. The van der Waals surface area contributed by atoms with Gasteiger partial charge in [-0.2, -0.15) is 0 Å². The van der Waals surface area contributed by atoms with Crippen molar-refractivity contribution in [3.8, 4) is 0 Å². The predicted molar refractivity (Wildman–Crippen MR) is 80.3 cm³/mol. The first kappa shape index (κ1) is 15.3. The third-order valence-corrected chi connectivity index (χ3v) is 5.09. The lowest BCUT2D eigenvalue weighted by Crippen LogP contribution is -2.52. The van der Waals surface area contributed by atoms with Gasteiger partial charge in [-0.05, 0) is 51.5 Å². The van der Waals surface area contributed by atoms with Crippen LogP contribution in [0.4, 0.5) is 0 Å². The fraction of sp³-hybridized carbons (Fsp3) is 1.00. The highest BCUT2D eigenvalue weighted by Gasteiger charge is 2.34. The van der Waals surface area contributed by atoms with E-state index in [1.165, 1.54) is 64.3 Å². The zero-order valence-electron chi connectivity index (χ0n) is 12.8. The summed E-state index contributed by atoms with van der Waals surface area (Å²) >= 11 is 0. The molecule has 2 unspecified atom stereocenters. The van der Waals surface area contributed by atoms with E-state index in [4.69, 9.17) is 10.5 Å². The van der Waals surface area contributed by atoms with E-state index in [9.17, 15) is 0 Å². The van der Waals surface area contributed by atoms with E-state index < -0.39 is 0 Å². The zero-order valence-corrected chi connectivity index (χ0v) is 12.8. The van der Waals surface area contributed by atoms with Crippen molar-refractivity contribution in [1.82, 2.24) is 4.90 Å². The summed E-state index contributed by atoms with van der Waals surface area (Å²) in [4.78, 5) is 2.78. The van der Waals surface area contributed by atoms with E-state index in [0.717, 1.165) is 6.04 Å². The van der Waals surface area contributed by atoms with Crippen LogP contribution in [0.15, 0.2) is 0 Å². The first-order valence-electron chi connectivity index (χ1n) is 8.30. The van der Waals surface area contributed by atoms with Gasteiger partial charge >= 0.3 is 0 Å². The van der Waals surface area contributed by atoms with Crippen molar-refractivity contribution in [3.63, 3.8) is 0 Å². The molecule has 0 aromatic heterocycles. The molecule has 0 bridgehead atoms. The molecule has 3 nitrogen and oxygen atoms in total. The number of nitrogens with two attached hydrogens (primary N) is 1. The molecule has 3 heteroatoms. The van der Waals surface area contributed by atoms with E-state index in [0.29, 0.717) is 18.2 Å². The van der Waals surface area contributed by atoms with Crippen molar-refractivity contribution >= 4 is 0 Å². The highest BCUT2D eigenvalue weighted by Crippen LogP contribution is 2.31. The van der Waals surface area contributed by atoms with Crippen molar-refractivity contribution in [2.45, 2.75) is 88.9 Å². The molecule has 0 spiro atoms. The van der Waals surface area contributed by atoms with Crippen LogP contribution in [0.2, 0.25) is 0 Å².